The molecule has 1 saturated heterocycles. The van der Waals surface area contributed by atoms with E-state index in [9.17, 15) is 9.59 Å². The first-order chi connectivity index (χ1) is 11.9. The van der Waals surface area contributed by atoms with E-state index in [4.69, 9.17) is 69.6 Å². The van der Waals surface area contributed by atoms with Crippen LogP contribution < -0.4 is 4.90 Å². The Labute approximate surface area is 180 Å². The van der Waals surface area contributed by atoms with Crippen molar-refractivity contribution in [3.63, 3.8) is 0 Å². The van der Waals surface area contributed by atoms with Gasteiger partial charge in [0.2, 0.25) is 11.8 Å². The molecule has 2 fully saturated rings. The highest BCUT2D eigenvalue weighted by Crippen LogP contribution is 2.77. The Morgan fingerprint density at radius 1 is 0.885 bits per heavy atom. The zero-order valence-electron chi connectivity index (χ0n) is 13.4. The van der Waals surface area contributed by atoms with Crippen molar-refractivity contribution < 1.29 is 9.59 Å². The molecular formula is C17H11Cl6NO2. The predicted octanol–water partition coefficient (Wildman–Crippen LogP) is 5.25. The molecule has 2 aliphatic carbocycles. The molecule has 1 aromatic rings. The van der Waals surface area contributed by atoms with Gasteiger partial charge in [-0.3, -0.25) is 9.59 Å². The summed E-state index contributed by atoms with van der Waals surface area (Å²) in [7, 11) is 0. The van der Waals surface area contributed by atoms with Gasteiger partial charge in [0.05, 0.1) is 27.6 Å². The number of anilines is 1. The number of allylic oxidation sites excluding steroid dienone is 2. The minimum Gasteiger partial charge on any atom is -0.274 e. The highest BCUT2D eigenvalue weighted by Gasteiger charge is 2.87. The maximum absolute atomic E-state index is 13.3. The Hall–Kier alpha value is -0.160. The lowest BCUT2D eigenvalue weighted by atomic mass is 9.84. The van der Waals surface area contributed by atoms with Crippen LogP contribution in [-0.2, 0) is 9.59 Å². The van der Waals surface area contributed by atoms with Crippen molar-refractivity contribution in [2.75, 3.05) is 4.90 Å². The second kappa shape index (κ2) is 5.46. The molecule has 0 unspecified atom stereocenters. The molecule has 1 heterocycles. The summed E-state index contributed by atoms with van der Waals surface area (Å²) in [5, 5.41) is -0.183. The van der Waals surface area contributed by atoms with Gasteiger partial charge in [0.15, 0.2) is 4.33 Å². The number of carbonyl (C=O) groups excluding carboxylic acids is 2. The minimum atomic E-state index is -1.91. The molecule has 4 atom stereocenters. The van der Waals surface area contributed by atoms with Gasteiger partial charge in [-0.15, -0.1) is 23.2 Å². The molecule has 3 aliphatic rings. The van der Waals surface area contributed by atoms with Crippen LogP contribution in [0.25, 0.3) is 0 Å². The first kappa shape index (κ1) is 19.2. The van der Waals surface area contributed by atoms with E-state index in [0.29, 0.717) is 5.69 Å². The van der Waals surface area contributed by atoms with Crippen LogP contribution in [0.1, 0.15) is 11.1 Å². The van der Waals surface area contributed by atoms with Crippen LogP contribution in [0.2, 0.25) is 0 Å². The zero-order valence-corrected chi connectivity index (χ0v) is 18.0. The van der Waals surface area contributed by atoms with Gasteiger partial charge in [-0.1, -0.05) is 58.5 Å². The molecule has 0 radical (unpaired) electrons. The molecule has 0 aromatic heterocycles. The van der Waals surface area contributed by atoms with Crippen LogP contribution in [0, 0.1) is 25.7 Å². The Morgan fingerprint density at radius 2 is 1.35 bits per heavy atom. The summed E-state index contributed by atoms with van der Waals surface area (Å²) in [6.45, 7) is 3.67. The van der Waals surface area contributed by atoms with Gasteiger partial charge in [-0.2, -0.15) is 0 Å². The normalized spacial score (nSPS) is 37.8. The average molecular weight is 474 g/mol. The highest BCUT2D eigenvalue weighted by molar-refractivity contribution is 6.67. The number of hydrogen-bond donors (Lipinski definition) is 0. The van der Waals surface area contributed by atoms with E-state index in [1.165, 1.54) is 0 Å². The Balaban J connectivity index is 1.94. The molecule has 26 heavy (non-hydrogen) atoms. The third kappa shape index (κ3) is 1.81. The van der Waals surface area contributed by atoms with E-state index >= 15 is 0 Å². The highest BCUT2D eigenvalue weighted by atomic mass is 35.5. The van der Waals surface area contributed by atoms with Gasteiger partial charge < -0.3 is 0 Å². The number of fused-ring (bicyclic) bond motifs is 5. The summed E-state index contributed by atoms with van der Waals surface area (Å²) in [6, 6.07) is 5.46. The molecule has 3 nitrogen and oxygen atoms in total. The summed E-state index contributed by atoms with van der Waals surface area (Å²) < 4.78 is -1.91. The number of halogens is 6. The number of amides is 2. The number of benzene rings is 1. The fraction of sp³-hybridized carbons (Fsp3) is 0.412. The fourth-order valence-corrected chi connectivity index (χ4v) is 7.12. The zero-order chi connectivity index (χ0) is 19.4. The third-order valence-electron chi connectivity index (χ3n) is 5.51. The van der Waals surface area contributed by atoms with Crippen molar-refractivity contribution in [1.82, 2.24) is 0 Å². The van der Waals surface area contributed by atoms with E-state index in [1.807, 2.05) is 19.1 Å². The number of hydrogen-bond acceptors (Lipinski definition) is 2. The topological polar surface area (TPSA) is 37.4 Å². The number of alkyl halides is 4. The molecule has 2 bridgehead atoms. The van der Waals surface area contributed by atoms with Gasteiger partial charge >= 0.3 is 0 Å². The summed E-state index contributed by atoms with van der Waals surface area (Å²) in [5.74, 6) is -3.31. The summed E-state index contributed by atoms with van der Waals surface area (Å²) >= 11 is 38.9. The molecular weight excluding hydrogens is 463 g/mol. The lowest BCUT2D eigenvalue weighted by molar-refractivity contribution is -0.123. The van der Waals surface area contributed by atoms with E-state index in [0.717, 1.165) is 16.0 Å². The molecule has 4 rings (SSSR count). The second-order valence-electron chi connectivity index (χ2n) is 6.88. The average Bonchev–Trinajstić information content (AvgIpc) is 2.95. The lowest BCUT2D eigenvalue weighted by Gasteiger charge is -2.34. The molecule has 138 valence electrons. The number of carbonyl (C=O) groups is 2. The summed E-state index contributed by atoms with van der Waals surface area (Å²) in [6.07, 6.45) is 0. The number of imide groups is 1. The second-order valence-corrected chi connectivity index (χ2v) is 10.2. The van der Waals surface area contributed by atoms with Gasteiger partial charge in [0.25, 0.3) is 0 Å². The van der Waals surface area contributed by atoms with E-state index < -0.39 is 37.7 Å². The summed E-state index contributed by atoms with van der Waals surface area (Å²) in [5.41, 5.74) is 2.12. The van der Waals surface area contributed by atoms with Crippen molar-refractivity contribution >= 4 is 87.1 Å². The van der Waals surface area contributed by atoms with Crippen LogP contribution in [-0.4, -0.2) is 25.9 Å². The standard InChI is InChI=1S/C17H11Cl6NO2/c1-6-3-4-7(2)8(5-6)24-13(25)9-10(14(24)26)16(21)12(19)11(18)15(9,20)17(16,22)23/h3-5,9-10H,1-2H3/t9-,10-,15-,16-/m1/s1. The number of nitrogens with zero attached hydrogens (tertiary/aromatic N) is 1. The molecule has 2 amide bonds. The molecule has 0 spiro atoms. The van der Waals surface area contributed by atoms with Gasteiger partial charge in [-0.05, 0) is 31.0 Å². The Bertz CT molecular complexity index is 882. The van der Waals surface area contributed by atoms with Crippen molar-refractivity contribution in [2.45, 2.75) is 27.9 Å². The Kier molecular flexibility index (Phi) is 4.03. The van der Waals surface area contributed by atoms with Crippen LogP contribution in [0.15, 0.2) is 28.3 Å². The molecule has 1 saturated carbocycles. The van der Waals surface area contributed by atoms with E-state index in [-0.39, 0.29) is 10.1 Å². The first-order valence-corrected chi connectivity index (χ1v) is 9.96. The smallest absolute Gasteiger partial charge is 0.240 e. The predicted molar refractivity (Wildman–Crippen MR) is 106 cm³/mol. The summed E-state index contributed by atoms with van der Waals surface area (Å²) in [4.78, 5) is 24.1. The first-order valence-electron chi connectivity index (χ1n) is 7.69. The van der Waals surface area contributed by atoms with Gasteiger partial charge in [-0.25, -0.2) is 4.90 Å². The van der Waals surface area contributed by atoms with Gasteiger partial charge in [0, 0.05) is 0 Å². The minimum absolute atomic E-state index is 0.0916. The van der Waals surface area contributed by atoms with Crippen molar-refractivity contribution in [1.29, 1.82) is 0 Å². The van der Waals surface area contributed by atoms with Crippen LogP contribution >= 0.6 is 69.6 Å². The number of aryl methyl sites for hydroxylation is 2. The van der Waals surface area contributed by atoms with Crippen molar-refractivity contribution in [2.24, 2.45) is 11.8 Å². The monoisotopic (exact) mass is 471 g/mol. The SMILES string of the molecule is Cc1ccc(C)c(N2C(=O)[C@H]3[C@H](C2=O)[C@@]2(Cl)C(Cl)=C(Cl)[C@@]3(Cl)C2(Cl)Cl)c1. The molecule has 1 aromatic carbocycles. The van der Waals surface area contributed by atoms with E-state index in [2.05, 4.69) is 0 Å². The fourth-order valence-electron chi connectivity index (χ4n) is 4.19. The van der Waals surface area contributed by atoms with Crippen molar-refractivity contribution in [3.05, 3.63) is 39.4 Å². The molecule has 0 N–H and O–H groups in total. The maximum Gasteiger partial charge on any atom is 0.240 e. The van der Waals surface area contributed by atoms with Gasteiger partial charge in [0.1, 0.15) is 9.75 Å². The third-order valence-corrected chi connectivity index (χ3v) is 9.77. The lowest BCUT2D eigenvalue weighted by Crippen LogP contribution is -2.50. The maximum atomic E-state index is 13.3. The van der Waals surface area contributed by atoms with Crippen LogP contribution in [0.3, 0.4) is 0 Å². The van der Waals surface area contributed by atoms with Crippen LogP contribution in [0.5, 0.6) is 0 Å². The molecule has 9 heteroatoms. The number of rotatable bonds is 1. The van der Waals surface area contributed by atoms with Crippen LogP contribution in [0.4, 0.5) is 5.69 Å². The van der Waals surface area contributed by atoms with Crippen molar-refractivity contribution in [3.8, 4) is 0 Å². The Morgan fingerprint density at radius 3 is 1.81 bits per heavy atom. The molecule has 1 aliphatic heterocycles. The quantitative estimate of drug-likeness (QED) is 0.412. The van der Waals surface area contributed by atoms with E-state index in [1.54, 1.807) is 13.0 Å². The largest absolute Gasteiger partial charge is 0.274 e.